The van der Waals surface area contributed by atoms with Gasteiger partial charge in [-0.2, -0.15) is 0 Å². The molecule has 0 spiro atoms. The first-order valence-corrected chi connectivity index (χ1v) is 9.65. The van der Waals surface area contributed by atoms with E-state index in [9.17, 15) is 14.4 Å². The van der Waals surface area contributed by atoms with Crippen LogP contribution in [0.5, 0.6) is 11.5 Å². The average molecular weight is 412 g/mol. The Hall–Kier alpha value is -3.55. The van der Waals surface area contributed by atoms with E-state index in [2.05, 4.69) is 0 Å². The highest BCUT2D eigenvalue weighted by Gasteiger charge is 2.24. The third-order valence-corrected chi connectivity index (χ3v) is 4.94. The van der Waals surface area contributed by atoms with Crippen LogP contribution in [0.4, 0.5) is 0 Å². The zero-order valence-corrected chi connectivity index (χ0v) is 16.7. The Labute approximate surface area is 174 Å². The summed E-state index contributed by atoms with van der Waals surface area (Å²) >= 11 is 0. The Bertz CT molecular complexity index is 887. The number of nitrogens with zero attached hydrogens (tertiary/aromatic N) is 2. The molecule has 1 aliphatic heterocycles. The van der Waals surface area contributed by atoms with Crippen molar-refractivity contribution in [1.82, 2.24) is 9.80 Å². The van der Waals surface area contributed by atoms with E-state index in [1.54, 1.807) is 41.2 Å². The minimum absolute atomic E-state index is 0.0126. The fraction of sp³-hybridized carbons (Fsp3) is 0.318. The van der Waals surface area contributed by atoms with Crippen LogP contribution in [-0.2, 0) is 4.79 Å². The number of hydrogen-bond acceptors (Lipinski definition) is 5. The monoisotopic (exact) mass is 412 g/mol. The number of benzene rings is 2. The SMILES string of the molecule is COc1ccc(OCCC(=O)N2CCN(C(=O)c3ccc(C(=O)O)cc3)CC2)cc1. The highest BCUT2D eigenvalue weighted by molar-refractivity contribution is 5.96. The van der Waals surface area contributed by atoms with Gasteiger partial charge >= 0.3 is 5.97 Å². The zero-order chi connectivity index (χ0) is 21.5. The van der Waals surface area contributed by atoms with Crippen molar-refractivity contribution in [2.45, 2.75) is 6.42 Å². The molecule has 30 heavy (non-hydrogen) atoms. The van der Waals surface area contributed by atoms with Gasteiger partial charge in [-0.15, -0.1) is 0 Å². The lowest BCUT2D eigenvalue weighted by Gasteiger charge is -2.35. The number of carbonyl (C=O) groups is 3. The van der Waals surface area contributed by atoms with Gasteiger partial charge in [-0.3, -0.25) is 9.59 Å². The molecule has 0 saturated carbocycles. The van der Waals surface area contributed by atoms with E-state index < -0.39 is 5.97 Å². The van der Waals surface area contributed by atoms with Gasteiger partial charge in [0.05, 0.1) is 25.7 Å². The first kappa shape index (κ1) is 21.2. The summed E-state index contributed by atoms with van der Waals surface area (Å²) < 4.78 is 10.7. The Morgan fingerprint density at radius 1 is 0.833 bits per heavy atom. The summed E-state index contributed by atoms with van der Waals surface area (Å²) in [6.07, 6.45) is 0.261. The molecule has 0 bridgehead atoms. The molecule has 1 fully saturated rings. The molecule has 2 aromatic carbocycles. The molecule has 3 rings (SSSR count). The molecule has 8 nitrogen and oxygen atoms in total. The van der Waals surface area contributed by atoms with E-state index in [0.717, 1.165) is 5.75 Å². The van der Waals surface area contributed by atoms with Crippen LogP contribution in [0.1, 0.15) is 27.1 Å². The number of carboxylic acids is 1. The molecule has 2 aromatic rings. The van der Waals surface area contributed by atoms with Gasteiger partial charge in [-0.25, -0.2) is 4.79 Å². The Morgan fingerprint density at radius 3 is 1.93 bits per heavy atom. The number of piperazine rings is 1. The molecule has 1 heterocycles. The quantitative estimate of drug-likeness (QED) is 0.749. The summed E-state index contributed by atoms with van der Waals surface area (Å²) in [5.74, 6) is 0.206. The maximum atomic E-state index is 12.6. The molecule has 2 amide bonds. The lowest BCUT2D eigenvalue weighted by molar-refractivity contribution is -0.133. The van der Waals surface area contributed by atoms with Crippen molar-refractivity contribution in [3.05, 3.63) is 59.7 Å². The molecular weight excluding hydrogens is 388 g/mol. The Balaban J connectivity index is 1.43. The van der Waals surface area contributed by atoms with Crippen LogP contribution < -0.4 is 9.47 Å². The predicted molar refractivity (Wildman–Crippen MR) is 109 cm³/mol. The normalized spacial score (nSPS) is 13.6. The van der Waals surface area contributed by atoms with Gasteiger partial charge in [-0.05, 0) is 48.5 Å². The fourth-order valence-corrected chi connectivity index (χ4v) is 3.18. The molecule has 1 saturated heterocycles. The van der Waals surface area contributed by atoms with E-state index in [-0.39, 0.29) is 30.4 Å². The van der Waals surface area contributed by atoms with Crippen molar-refractivity contribution in [3.63, 3.8) is 0 Å². The molecule has 0 unspecified atom stereocenters. The van der Waals surface area contributed by atoms with E-state index in [4.69, 9.17) is 14.6 Å². The molecule has 0 aromatic heterocycles. The number of aromatic carboxylic acids is 1. The topological polar surface area (TPSA) is 96.4 Å². The first-order chi connectivity index (χ1) is 14.5. The maximum absolute atomic E-state index is 12.6. The number of amides is 2. The van der Waals surface area contributed by atoms with E-state index >= 15 is 0 Å². The van der Waals surface area contributed by atoms with E-state index in [1.165, 1.54) is 24.3 Å². The van der Waals surface area contributed by atoms with Crippen molar-refractivity contribution < 1.29 is 29.0 Å². The van der Waals surface area contributed by atoms with Crippen LogP contribution in [-0.4, -0.2) is 72.6 Å². The lowest BCUT2D eigenvalue weighted by Crippen LogP contribution is -2.50. The van der Waals surface area contributed by atoms with Crippen molar-refractivity contribution in [3.8, 4) is 11.5 Å². The molecule has 1 N–H and O–H groups in total. The summed E-state index contributed by atoms with van der Waals surface area (Å²) in [6.45, 7) is 2.07. The molecule has 8 heteroatoms. The van der Waals surface area contributed by atoms with Crippen molar-refractivity contribution in [2.24, 2.45) is 0 Å². The molecule has 0 radical (unpaired) electrons. The second kappa shape index (κ2) is 9.78. The van der Waals surface area contributed by atoms with Gasteiger partial charge in [0.15, 0.2) is 0 Å². The lowest BCUT2D eigenvalue weighted by atomic mass is 10.1. The van der Waals surface area contributed by atoms with Gasteiger partial charge in [-0.1, -0.05) is 0 Å². The van der Waals surface area contributed by atoms with Crippen LogP contribution in [0.2, 0.25) is 0 Å². The third kappa shape index (κ3) is 5.28. The minimum Gasteiger partial charge on any atom is -0.497 e. The molecule has 158 valence electrons. The van der Waals surface area contributed by atoms with Gasteiger partial charge in [0.1, 0.15) is 11.5 Å². The van der Waals surface area contributed by atoms with Crippen LogP contribution in [0.25, 0.3) is 0 Å². The van der Waals surface area contributed by atoms with Gasteiger partial charge in [0.2, 0.25) is 5.91 Å². The molecule has 1 aliphatic rings. The van der Waals surface area contributed by atoms with Crippen LogP contribution >= 0.6 is 0 Å². The van der Waals surface area contributed by atoms with Gasteiger partial charge in [0, 0.05) is 31.7 Å². The molecule has 0 atom stereocenters. The number of rotatable bonds is 7. The second-order valence-electron chi connectivity index (χ2n) is 6.83. The largest absolute Gasteiger partial charge is 0.497 e. The standard InChI is InChI=1S/C22H24N2O6/c1-29-18-6-8-19(9-7-18)30-15-10-20(25)23-11-13-24(14-12-23)21(26)16-2-4-17(5-3-16)22(27)28/h2-9H,10-15H2,1H3,(H,27,28). The minimum atomic E-state index is -1.03. The number of carbonyl (C=O) groups excluding carboxylic acids is 2. The van der Waals surface area contributed by atoms with Crippen molar-refractivity contribution >= 4 is 17.8 Å². The number of carboxylic acid groups (broad SMARTS) is 1. The average Bonchev–Trinajstić information content (AvgIpc) is 2.79. The van der Waals surface area contributed by atoms with Gasteiger partial charge < -0.3 is 24.4 Å². The second-order valence-corrected chi connectivity index (χ2v) is 6.83. The smallest absolute Gasteiger partial charge is 0.335 e. The Kier molecular flexibility index (Phi) is 6.90. The van der Waals surface area contributed by atoms with E-state index in [1.807, 2.05) is 0 Å². The summed E-state index contributed by atoms with van der Waals surface area (Å²) in [6, 6.07) is 13.0. The number of ether oxygens (including phenoxy) is 2. The zero-order valence-electron chi connectivity index (χ0n) is 16.7. The molecular formula is C22H24N2O6. The molecule has 0 aliphatic carbocycles. The summed E-state index contributed by atoms with van der Waals surface area (Å²) in [4.78, 5) is 39.3. The Morgan fingerprint density at radius 2 is 1.37 bits per heavy atom. The summed E-state index contributed by atoms with van der Waals surface area (Å²) in [5, 5.41) is 8.95. The van der Waals surface area contributed by atoms with Crippen molar-refractivity contribution in [1.29, 1.82) is 0 Å². The first-order valence-electron chi connectivity index (χ1n) is 9.65. The summed E-state index contributed by atoms with van der Waals surface area (Å²) in [7, 11) is 1.59. The number of methoxy groups -OCH3 is 1. The summed E-state index contributed by atoms with van der Waals surface area (Å²) in [5.41, 5.74) is 0.575. The van der Waals surface area contributed by atoms with Crippen LogP contribution in [0.15, 0.2) is 48.5 Å². The third-order valence-electron chi connectivity index (χ3n) is 4.94. The fourth-order valence-electron chi connectivity index (χ4n) is 3.18. The maximum Gasteiger partial charge on any atom is 0.335 e. The number of hydrogen-bond donors (Lipinski definition) is 1. The van der Waals surface area contributed by atoms with Crippen LogP contribution in [0.3, 0.4) is 0 Å². The predicted octanol–water partition coefficient (Wildman–Crippen LogP) is 2.15. The van der Waals surface area contributed by atoms with Crippen molar-refractivity contribution in [2.75, 3.05) is 39.9 Å². The van der Waals surface area contributed by atoms with Gasteiger partial charge in [0.25, 0.3) is 5.91 Å². The highest BCUT2D eigenvalue weighted by Crippen LogP contribution is 2.17. The van der Waals surface area contributed by atoms with E-state index in [0.29, 0.717) is 37.5 Å². The highest BCUT2D eigenvalue weighted by atomic mass is 16.5. The van der Waals surface area contributed by atoms with Crippen LogP contribution in [0, 0.1) is 0 Å².